The maximum absolute atomic E-state index is 12.3. The van der Waals surface area contributed by atoms with Gasteiger partial charge in [0.1, 0.15) is 5.60 Å². The Bertz CT molecular complexity index is 408. The second kappa shape index (κ2) is 7.17. The normalized spacial score (nSPS) is 22.8. The second-order valence-corrected chi connectivity index (χ2v) is 6.16. The number of carbonyl (C=O) groups is 2. The Morgan fingerprint density at radius 3 is 2.45 bits per heavy atom. The fourth-order valence-corrected chi connectivity index (χ4v) is 2.10. The number of carbonyl (C=O) groups excluding carboxylic acids is 2. The zero-order chi connectivity index (χ0) is 17.0. The second-order valence-electron chi connectivity index (χ2n) is 6.16. The van der Waals surface area contributed by atoms with E-state index in [1.165, 1.54) is 0 Å². The number of ether oxygens (including phenoxy) is 1. The number of halogens is 3. The number of hydrogen-bond acceptors (Lipinski definition) is 4. The minimum absolute atomic E-state index is 0.0672. The minimum Gasteiger partial charge on any atom is -0.444 e. The molecule has 2 unspecified atom stereocenters. The number of alkyl carbamates (subject to hydrolysis) is 1. The standard InChI is InChI=1S/C13H22F3N3O3/c1-12(2,3)22-11(21)18-7-9-8(5-4-6-17-9)19-10(20)13(14,15)16/h8-9,17H,4-7H2,1-3H3,(H,18,21)(H,19,20). The molecule has 1 saturated heterocycles. The third-order valence-corrected chi connectivity index (χ3v) is 3.02. The van der Waals surface area contributed by atoms with E-state index in [0.29, 0.717) is 19.4 Å². The van der Waals surface area contributed by atoms with Gasteiger partial charge >= 0.3 is 18.2 Å². The topological polar surface area (TPSA) is 79.5 Å². The van der Waals surface area contributed by atoms with Crippen molar-refractivity contribution in [3.05, 3.63) is 0 Å². The van der Waals surface area contributed by atoms with Gasteiger partial charge in [-0.3, -0.25) is 4.79 Å². The molecule has 1 fully saturated rings. The summed E-state index contributed by atoms with van der Waals surface area (Å²) >= 11 is 0. The van der Waals surface area contributed by atoms with Crippen molar-refractivity contribution in [3.8, 4) is 0 Å². The third-order valence-electron chi connectivity index (χ3n) is 3.02. The molecule has 1 rings (SSSR count). The summed E-state index contributed by atoms with van der Waals surface area (Å²) in [7, 11) is 0. The number of rotatable bonds is 3. The monoisotopic (exact) mass is 325 g/mol. The summed E-state index contributed by atoms with van der Waals surface area (Å²) in [6.45, 7) is 5.80. The Labute approximate surface area is 127 Å². The molecule has 0 bridgehead atoms. The summed E-state index contributed by atoms with van der Waals surface area (Å²) in [5.74, 6) is -1.97. The van der Waals surface area contributed by atoms with E-state index in [1.807, 2.05) is 5.32 Å². The predicted octanol–water partition coefficient (Wildman–Crippen LogP) is 1.31. The molecular formula is C13H22F3N3O3. The maximum Gasteiger partial charge on any atom is 0.471 e. The van der Waals surface area contributed by atoms with Crippen molar-refractivity contribution in [3.63, 3.8) is 0 Å². The van der Waals surface area contributed by atoms with E-state index in [1.54, 1.807) is 20.8 Å². The first-order valence-corrected chi connectivity index (χ1v) is 7.07. The third kappa shape index (κ3) is 6.50. The van der Waals surface area contributed by atoms with Crippen LogP contribution < -0.4 is 16.0 Å². The first-order chi connectivity index (χ1) is 9.99. The van der Waals surface area contributed by atoms with Gasteiger partial charge in [0.2, 0.25) is 0 Å². The van der Waals surface area contributed by atoms with Crippen LogP contribution in [-0.2, 0) is 9.53 Å². The van der Waals surface area contributed by atoms with Crippen LogP contribution in [0, 0.1) is 0 Å². The van der Waals surface area contributed by atoms with Gasteiger partial charge in [-0.1, -0.05) is 0 Å². The summed E-state index contributed by atoms with van der Waals surface area (Å²) in [5, 5.41) is 7.45. The van der Waals surface area contributed by atoms with E-state index in [4.69, 9.17) is 4.74 Å². The Kier molecular flexibility index (Phi) is 6.04. The molecule has 0 aromatic heterocycles. The molecule has 0 aliphatic carbocycles. The van der Waals surface area contributed by atoms with Gasteiger partial charge in [0.15, 0.2) is 0 Å². The average molecular weight is 325 g/mol. The fraction of sp³-hybridized carbons (Fsp3) is 0.846. The van der Waals surface area contributed by atoms with Crippen LogP contribution in [-0.4, -0.2) is 49.0 Å². The molecule has 2 atom stereocenters. The van der Waals surface area contributed by atoms with Crippen LogP contribution in [0.3, 0.4) is 0 Å². The average Bonchev–Trinajstić information content (AvgIpc) is 2.34. The molecule has 2 amide bonds. The zero-order valence-corrected chi connectivity index (χ0v) is 12.8. The molecule has 9 heteroatoms. The van der Waals surface area contributed by atoms with Crippen LogP contribution in [0.25, 0.3) is 0 Å². The molecule has 6 nitrogen and oxygen atoms in total. The van der Waals surface area contributed by atoms with Gasteiger partial charge in [-0.2, -0.15) is 13.2 Å². The van der Waals surface area contributed by atoms with Gasteiger partial charge in [0, 0.05) is 18.6 Å². The predicted molar refractivity (Wildman–Crippen MR) is 73.2 cm³/mol. The first-order valence-electron chi connectivity index (χ1n) is 7.07. The molecule has 0 spiro atoms. The quantitative estimate of drug-likeness (QED) is 0.731. The SMILES string of the molecule is CC(C)(C)OC(=O)NCC1NCCCC1NC(=O)C(F)(F)F. The largest absolute Gasteiger partial charge is 0.471 e. The lowest BCUT2D eigenvalue weighted by Gasteiger charge is -2.33. The molecule has 0 aromatic carbocycles. The highest BCUT2D eigenvalue weighted by molar-refractivity contribution is 5.82. The van der Waals surface area contributed by atoms with Crippen molar-refractivity contribution in [1.82, 2.24) is 16.0 Å². The Morgan fingerprint density at radius 2 is 1.91 bits per heavy atom. The molecule has 3 N–H and O–H groups in total. The van der Waals surface area contributed by atoms with E-state index in [0.717, 1.165) is 0 Å². The maximum atomic E-state index is 12.3. The van der Waals surface area contributed by atoms with Gasteiger partial charge in [0.25, 0.3) is 0 Å². The number of hydrogen-bond donors (Lipinski definition) is 3. The van der Waals surface area contributed by atoms with Gasteiger partial charge in [-0.15, -0.1) is 0 Å². The molecule has 22 heavy (non-hydrogen) atoms. The molecule has 0 radical (unpaired) electrons. The van der Waals surface area contributed by atoms with E-state index >= 15 is 0 Å². The van der Waals surface area contributed by atoms with Crippen LogP contribution >= 0.6 is 0 Å². The molecule has 128 valence electrons. The van der Waals surface area contributed by atoms with Crippen LogP contribution in [0.15, 0.2) is 0 Å². The molecule has 1 heterocycles. The van der Waals surface area contributed by atoms with Crippen molar-refractivity contribution in [2.24, 2.45) is 0 Å². The lowest BCUT2D eigenvalue weighted by Crippen LogP contribution is -2.59. The van der Waals surface area contributed by atoms with Crippen molar-refractivity contribution in [1.29, 1.82) is 0 Å². The smallest absolute Gasteiger partial charge is 0.444 e. The Hall–Kier alpha value is -1.51. The van der Waals surface area contributed by atoms with E-state index < -0.39 is 35.9 Å². The summed E-state index contributed by atoms with van der Waals surface area (Å²) < 4.78 is 42.0. The molecule has 0 aromatic rings. The number of amides is 2. The summed E-state index contributed by atoms with van der Waals surface area (Å²) in [6, 6.07) is -1.18. The lowest BCUT2D eigenvalue weighted by molar-refractivity contribution is -0.174. The number of alkyl halides is 3. The van der Waals surface area contributed by atoms with E-state index in [2.05, 4.69) is 10.6 Å². The lowest BCUT2D eigenvalue weighted by atomic mass is 9.98. The fourth-order valence-electron chi connectivity index (χ4n) is 2.10. The summed E-state index contributed by atoms with van der Waals surface area (Å²) in [6.07, 6.45) is -4.51. The Balaban J connectivity index is 2.52. The van der Waals surface area contributed by atoms with E-state index in [9.17, 15) is 22.8 Å². The van der Waals surface area contributed by atoms with Crippen LogP contribution in [0.4, 0.5) is 18.0 Å². The van der Waals surface area contributed by atoms with Gasteiger partial charge in [-0.25, -0.2) is 4.79 Å². The first kappa shape index (κ1) is 18.5. The molecule has 1 aliphatic heterocycles. The van der Waals surface area contributed by atoms with Crippen molar-refractivity contribution >= 4 is 12.0 Å². The zero-order valence-electron chi connectivity index (χ0n) is 12.8. The van der Waals surface area contributed by atoms with Crippen molar-refractivity contribution in [2.75, 3.05) is 13.1 Å². The molecular weight excluding hydrogens is 303 g/mol. The van der Waals surface area contributed by atoms with Gasteiger partial charge in [0.05, 0.1) is 0 Å². The van der Waals surface area contributed by atoms with Crippen molar-refractivity contribution in [2.45, 2.75) is 57.5 Å². The minimum atomic E-state index is -4.92. The number of nitrogens with one attached hydrogen (secondary N) is 3. The highest BCUT2D eigenvalue weighted by atomic mass is 19.4. The van der Waals surface area contributed by atoms with Crippen LogP contribution in [0.1, 0.15) is 33.6 Å². The number of piperidine rings is 1. The Morgan fingerprint density at radius 1 is 1.27 bits per heavy atom. The van der Waals surface area contributed by atoms with E-state index in [-0.39, 0.29) is 6.54 Å². The highest BCUT2D eigenvalue weighted by Crippen LogP contribution is 2.17. The van der Waals surface area contributed by atoms with Crippen LogP contribution in [0.5, 0.6) is 0 Å². The van der Waals surface area contributed by atoms with Gasteiger partial charge in [-0.05, 0) is 40.2 Å². The molecule has 0 saturated carbocycles. The summed E-state index contributed by atoms with van der Waals surface area (Å²) in [4.78, 5) is 22.6. The molecule has 1 aliphatic rings. The van der Waals surface area contributed by atoms with Gasteiger partial charge < -0.3 is 20.7 Å². The van der Waals surface area contributed by atoms with Crippen molar-refractivity contribution < 1.29 is 27.5 Å². The summed E-state index contributed by atoms with van der Waals surface area (Å²) in [5.41, 5.74) is -0.659. The highest BCUT2D eigenvalue weighted by Gasteiger charge is 2.41. The van der Waals surface area contributed by atoms with Crippen LogP contribution in [0.2, 0.25) is 0 Å².